The van der Waals surface area contributed by atoms with Crippen LogP contribution in [0, 0.1) is 20.8 Å². The topological polar surface area (TPSA) is 64.0 Å². The molecular formula is C20H17ClF3N3O2. The fraction of sp³-hybridized carbons (Fsp3) is 0.250. The predicted octanol–water partition coefficient (Wildman–Crippen LogP) is 4.63. The van der Waals surface area contributed by atoms with Crippen LogP contribution in [0.5, 0.6) is 0 Å². The Labute approximate surface area is 169 Å². The van der Waals surface area contributed by atoms with Gasteiger partial charge in [-0.05, 0) is 61.7 Å². The Bertz CT molecular complexity index is 1190. The van der Waals surface area contributed by atoms with Crippen molar-refractivity contribution in [2.24, 2.45) is 0 Å². The Balaban J connectivity index is 2.10. The highest BCUT2D eigenvalue weighted by Gasteiger charge is 2.37. The lowest BCUT2D eigenvalue weighted by Gasteiger charge is -2.15. The Hall–Kier alpha value is -2.87. The molecule has 0 spiro atoms. The predicted molar refractivity (Wildman–Crippen MR) is 105 cm³/mol. The maximum absolute atomic E-state index is 13.3. The van der Waals surface area contributed by atoms with Crippen LogP contribution in [0.15, 0.2) is 35.1 Å². The van der Waals surface area contributed by atoms with Crippen molar-refractivity contribution in [3.8, 4) is 0 Å². The largest absolute Gasteiger partial charge is 0.438 e. The molecule has 0 aliphatic carbocycles. The summed E-state index contributed by atoms with van der Waals surface area (Å²) >= 11 is 5.93. The van der Waals surface area contributed by atoms with E-state index in [0.29, 0.717) is 10.7 Å². The number of carbonyl (C=O) groups excluding carboxylic acids is 1. The van der Waals surface area contributed by atoms with Gasteiger partial charge >= 0.3 is 6.18 Å². The molecule has 9 heteroatoms. The molecule has 0 fully saturated rings. The van der Waals surface area contributed by atoms with E-state index in [2.05, 4.69) is 10.3 Å². The van der Waals surface area contributed by atoms with E-state index in [1.54, 1.807) is 39.0 Å². The van der Waals surface area contributed by atoms with E-state index in [4.69, 9.17) is 11.6 Å². The fourth-order valence-electron chi connectivity index (χ4n) is 2.90. The summed E-state index contributed by atoms with van der Waals surface area (Å²) < 4.78 is 40.8. The zero-order valence-corrected chi connectivity index (χ0v) is 16.6. The Morgan fingerprint density at radius 1 is 1.10 bits per heavy atom. The minimum atomic E-state index is -4.94. The third-order valence-electron chi connectivity index (χ3n) is 4.61. The monoisotopic (exact) mass is 423 g/mol. The second-order valence-electron chi connectivity index (χ2n) is 6.78. The number of nitrogens with zero attached hydrogens (tertiary/aromatic N) is 2. The summed E-state index contributed by atoms with van der Waals surface area (Å²) in [6.07, 6.45) is -4.94. The van der Waals surface area contributed by atoms with E-state index in [1.165, 1.54) is 12.1 Å². The van der Waals surface area contributed by atoms with Gasteiger partial charge in [-0.1, -0.05) is 17.7 Å². The second-order valence-corrected chi connectivity index (χ2v) is 7.22. The van der Waals surface area contributed by atoms with Crippen LogP contribution in [-0.4, -0.2) is 15.5 Å². The Morgan fingerprint density at radius 3 is 2.41 bits per heavy atom. The zero-order valence-electron chi connectivity index (χ0n) is 15.8. The van der Waals surface area contributed by atoms with E-state index in [-0.39, 0.29) is 11.0 Å². The molecule has 0 aliphatic rings. The molecule has 3 rings (SSSR count). The molecule has 5 nitrogen and oxygen atoms in total. The summed E-state index contributed by atoms with van der Waals surface area (Å²) in [5, 5.41) is 2.98. The van der Waals surface area contributed by atoms with Gasteiger partial charge in [0.15, 0.2) is 0 Å². The number of benzene rings is 2. The number of alkyl halides is 3. The molecule has 0 radical (unpaired) electrons. The maximum Gasteiger partial charge on any atom is 0.438 e. The molecule has 0 unspecified atom stereocenters. The van der Waals surface area contributed by atoms with Crippen LogP contribution < -0.4 is 10.9 Å². The molecular weight excluding hydrogens is 407 g/mol. The Morgan fingerprint density at radius 2 is 1.76 bits per heavy atom. The number of aromatic nitrogens is 2. The number of fused-ring (bicyclic) bond motifs is 1. The quantitative estimate of drug-likeness (QED) is 0.668. The van der Waals surface area contributed by atoms with Gasteiger partial charge in [0.05, 0.1) is 11.0 Å². The van der Waals surface area contributed by atoms with Crippen LogP contribution in [0.1, 0.15) is 22.4 Å². The number of amides is 1. The summed E-state index contributed by atoms with van der Waals surface area (Å²) in [6, 6.07) is 7.89. The highest BCUT2D eigenvalue weighted by Crippen LogP contribution is 2.27. The van der Waals surface area contributed by atoms with Gasteiger partial charge in [-0.2, -0.15) is 13.2 Å². The van der Waals surface area contributed by atoms with E-state index >= 15 is 0 Å². The first-order valence-electron chi connectivity index (χ1n) is 8.62. The Kier molecular flexibility index (Phi) is 5.40. The van der Waals surface area contributed by atoms with Gasteiger partial charge in [0.25, 0.3) is 5.56 Å². The molecule has 2 aromatic carbocycles. The number of rotatable bonds is 3. The van der Waals surface area contributed by atoms with Crippen molar-refractivity contribution in [3.05, 3.63) is 68.1 Å². The number of carbonyl (C=O) groups is 1. The van der Waals surface area contributed by atoms with E-state index in [0.717, 1.165) is 21.3 Å². The van der Waals surface area contributed by atoms with Gasteiger partial charge in [0.2, 0.25) is 11.6 Å². The van der Waals surface area contributed by atoms with Crippen LogP contribution in [0.4, 0.5) is 18.9 Å². The molecule has 0 saturated heterocycles. The average molecular weight is 424 g/mol. The first-order chi connectivity index (χ1) is 13.5. The third-order valence-corrected chi connectivity index (χ3v) is 4.84. The van der Waals surface area contributed by atoms with Gasteiger partial charge in [-0.3, -0.25) is 14.2 Å². The normalized spacial score (nSPS) is 11.7. The minimum Gasteiger partial charge on any atom is -0.324 e. The minimum absolute atomic E-state index is 0.00763. The number of nitrogens with one attached hydrogen (secondary N) is 1. The third kappa shape index (κ3) is 4.27. The van der Waals surface area contributed by atoms with Crippen LogP contribution >= 0.6 is 11.6 Å². The fourth-order valence-corrected chi connectivity index (χ4v) is 3.07. The van der Waals surface area contributed by atoms with Crippen molar-refractivity contribution in [1.29, 1.82) is 0 Å². The van der Waals surface area contributed by atoms with Crippen LogP contribution in [0.2, 0.25) is 5.02 Å². The SMILES string of the molecule is Cc1cc2nc(C(F)(F)F)c(=O)n(CC(=O)Nc3cc(Cl)ccc3C)c2cc1C. The number of hydrogen-bond donors (Lipinski definition) is 1. The number of aryl methyl sites for hydroxylation is 3. The molecule has 0 bridgehead atoms. The lowest BCUT2D eigenvalue weighted by atomic mass is 10.1. The number of halogens is 4. The number of anilines is 1. The average Bonchev–Trinajstić information content (AvgIpc) is 2.61. The van der Waals surface area contributed by atoms with Gasteiger partial charge in [0.1, 0.15) is 6.54 Å². The molecule has 152 valence electrons. The van der Waals surface area contributed by atoms with Gasteiger partial charge in [-0.15, -0.1) is 0 Å². The molecule has 3 aromatic rings. The summed E-state index contributed by atoms with van der Waals surface area (Å²) in [5.74, 6) is -0.656. The van der Waals surface area contributed by atoms with Gasteiger partial charge < -0.3 is 5.32 Å². The van der Waals surface area contributed by atoms with Crippen LogP contribution in [-0.2, 0) is 17.5 Å². The lowest BCUT2D eigenvalue weighted by Crippen LogP contribution is -2.34. The molecule has 1 heterocycles. The van der Waals surface area contributed by atoms with Crippen molar-refractivity contribution < 1.29 is 18.0 Å². The summed E-state index contributed by atoms with van der Waals surface area (Å²) in [7, 11) is 0. The molecule has 1 N–H and O–H groups in total. The number of hydrogen-bond acceptors (Lipinski definition) is 3. The van der Waals surface area contributed by atoms with Crippen molar-refractivity contribution >= 4 is 34.2 Å². The maximum atomic E-state index is 13.3. The van der Waals surface area contributed by atoms with E-state index < -0.39 is 29.9 Å². The van der Waals surface area contributed by atoms with Crippen molar-refractivity contribution in [3.63, 3.8) is 0 Å². The van der Waals surface area contributed by atoms with Crippen LogP contribution in [0.3, 0.4) is 0 Å². The first-order valence-corrected chi connectivity index (χ1v) is 9.00. The van der Waals surface area contributed by atoms with E-state index in [1.807, 2.05) is 0 Å². The van der Waals surface area contributed by atoms with Crippen molar-refractivity contribution in [1.82, 2.24) is 9.55 Å². The molecule has 29 heavy (non-hydrogen) atoms. The zero-order chi connectivity index (χ0) is 21.5. The first kappa shape index (κ1) is 20.9. The summed E-state index contributed by atoms with van der Waals surface area (Å²) in [6.45, 7) is 4.63. The molecule has 1 amide bonds. The van der Waals surface area contributed by atoms with Crippen LogP contribution in [0.25, 0.3) is 11.0 Å². The molecule has 1 aromatic heterocycles. The standard InChI is InChI=1S/C20H17ClF3N3O2/c1-10-4-5-13(21)8-14(10)25-17(28)9-27-16-7-12(3)11(2)6-15(16)26-18(19(27)29)20(22,23)24/h4-8H,9H2,1-3H3,(H,25,28). The van der Waals surface area contributed by atoms with Crippen molar-refractivity contribution in [2.45, 2.75) is 33.5 Å². The lowest BCUT2D eigenvalue weighted by molar-refractivity contribution is -0.142. The van der Waals surface area contributed by atoms with Gasteiger partial charge in [0, 0.05) is 10.7 Å². The van der Waals surface area contributed by atoms with E-state index in [9.17, 15) is 22.8 Å². The second kappa shape index (κ2) is 7.51. The molecule has 0 atom stereocenters. The van der Waals surface area contributed by atoms with Gasteiger partial charge in [-0.25, -0.2) is 4.98 Å². The molecule has 0 aliphatic heterocycles. The highest BCUT2D eigenvalue weighted by atomic mass is 35.5. The summed E-state index contributed by atoms with van der Waals surface area (Å²) in [5.41, 5.74) is -0.156. The molecule has 0 saturated carbocycles. The van der Waals surface area contributed by atoms with Crippen molar-refractivity contribution in [2.75, 3.05) is 5.32 Å². The summed E-state index contributed by atoms with van der Waals surface area (Å²) in [4.78, 5) is 28.6. The highest BCUT2D eigenvalue weighted by molar-refractivity contribution is 6.31. The smallest absolute Gasteiger partial charge is 0.324 e.